The molecule has 0 saturated carbocycles. The minimum Gasteiger partial charge on any atom is -0.481 e. The molecule has 1 atom stereocenters. The van der Waals surface area contributed by atoms with Crippen LogP contribution in [-0.2, 0) is 4.79 Å². The summed E-state index contributed by atoms with van der Waals surface area (Å²) in [7, 11) is 0. The van der Waals surface area contributed by atoms with E-state index in [2.05, 4.69) is 6.26 Å². The number of carbonyl (C=O) groups is 1. The number of thioether (sulfide) groups is 2. The lowest BCUT2D eigenvalue weighted by Gasteiger charge is -2.11. The highest BCUT2D eigenvalue weighted by atomic mass is 32.2. The Morgan fingerprint density at radius 1 is 1.42 bits per heavy atom. The van der Waals surface area contributed by atoms with Crippen LogP contribution in [0.15, 0.2) is 0 Å². The Hall–Kier alpha value is 0.170. The molecule has 0 amide bonds. The Bertz CT molecular complexity index is 128. The summed E-state index contributed by atoms with van der Waals surface area (Å²) >= 11 is 3.59. The van der Waals surface area contributed by atoms with Crippen LogP contribution in [0.1, 0.15) is 19.3 Å². The lowest BCUT2D eigenvalue weighted by Crippen LogP contribution is -2.07. The quantitative estimate of drug-likeness (QED) is 0.697. The molecule has 0 radical (unpaired) electrons. The third-order valence-corrected chi connectivity index (χ3v) is 3.44. The topological polar surface area (TPSA) is 37.3 Å². The molecule has 0 unspecified atom stereocenters. The molecule has 0 aromatic rings. The van der Waals surface area contributed by atoms with Crippen LogP contribution in [0.3, 0.4) is 0 Å². The zero-order valence-corrected chi connectivity index (χ0v) is 9.21. The summed E-state index contributed by atoms with van der Waals surface area (Å²) in [6.07, 6.45) is 6.36. The van der Waals surface area contributed by atoms with Crippen LogP contribution in [-0.4, -0.2) is 34.6 Å². The molecule has 0 aromatic carbocycles. The van der Waals surface area contributed by atoms with Crippen molar-refractivity contribution < 1.29 is 9.90 Å². The van der Waals surface area contributed by atoms with Crippen molar-refractivity contribution in [1.29, 1.82) is 0 Å². The van der Waals surface area contributed by atoms with Gasteiger partial charge >= 0.3 is 5.97 Å². The minimum absolute atomic E-state index is 0.305. The van der Waals surface area contributed by atoms with Crippen LogP contribution in [0, 0.1) is 0 Å². The first-order chi connectivity index (χ1) is 5.70. The van der Waals surface area contributed by atoms with Crippen molar-refractivity contribution in [2.45, 2.75) is 24.5 Å². The second kappa shape index (κ2) is 7.80. The molecule has 0 aliphatic heterocycles. The fourth-order valence-electron chi connectivity index (χ4n) is 0.914. The number of carboxylic acid groups (broad SMARTS) is 1. The number of hydrogen-bond acceptors (Lipinski definition) is 3. The second-order valence-electron chi connectivity index (χ2n) is 2.57. The van der Waals surface area contributed by atoms with E-state index >= 15 is 0 Å². The molecule has 0 spiro atoms. The van der Waals surface area contributed by atoms with Crippen LogP contribution < -0.4 is 0 Å². The molecule has 0 bridgehead atoms. The smallest absolute Gasteiger partial charge is 0.303 e. The first-order valence-electron chi connectivity index (χ1n) is 3.94. The average Bonchev–Trinajstić information content (AvgIpc) is 2.05. The van der Waals surface area contributed by atoms with Crippen molar-refractivity contribution in [1.82, 2.24) is 0 Å². The number of aliphatic carboxylic acids is 1. The summed E-state index contributed by atoms with van der Waals surface area (Å²) in [6, 6.07) is 0. The molecule has 4 heteroatoms. The van der Waals surface area contributed by atoms with Gasteiger partial charge in [-0.15, -0.1) is 0 Å². The number of carboxylic acids is 1. The molecule has 0 fully saturated rings. The van der Waals surface area contributed by atoms with E-state index in [0.717, 1.165) is 18.6 Å². The Morgan fingerprint density at radius 2 is 2.08 bits per heavy atom. The van der Waals surface area contributed by atoms with E-state index < -0.39 is 5.97 Å². The zero-order chi connectivity index (χ0) is 9.40. The first-order valence-corrected chi connectivity index (χ1v) is 6.62. The van der Waals surface area contributed by atoms with Crippen LogP contribution in [0.4, 0.5) is 0 Å². The SMILES string of the molecule is CSCC[C@@H](CCC(=O)O)SC. The van der Waals surface area contributed by atoms with Gasteiger partial charge < -0.3 is 5.11 Å². The first kappa shape index (κ1) is 12.2. The highest BCUT2D eigenvalue weighted by molar-refractivity contribution is 7.99. The third-order valence-electron chi connectivity index (χ3n) is 1.66. The van der Waals surface area contributed by atoms with E-state index in [1.54, 1.807) is 11.8 Å². The van der Waals surface area contributed by atoms with Gasteiger partial charge in [0, 0.05) is 11.7 Å². The fraction of sp³-hybridized carbons (Fsp3) is 0.875. The molecule has 0 saturated heterocycles. The minimum atomic E-state index is -0.682. The van der Waals surface area contributed by atoms with Crippen molar-refractivity contribution >= 4 is 29.5 Å². The monoisotopic (exact) mass is 208 g/mol. The number of rotatable bonds is 7. The molecule has 0 aliphatic carbocycles. The zero-order valence-electron chi connectivity index (χ0n) is 7.58. The van der Waals surface area contributed by atoms with Gasteiger partial charge in [-0.25, -0.2) is 0 Å². The summed E-state index contributed by atoms with van der Waals surface area (Å²) in [6.45, 7) is 0. The van der Waals surface area contributed by atoms with E-state index in [-0.39, 0.29) is 0 Å². The molecule has 2 nitrogen and oxygen atoms in total. The van der Waals surface area contributed by atoms with E-state index in [0.29, 0.717) is 11.7 Å². The summed E-state index contributed by atoms with van der Waals surface area (Å²) in [4.78, 5) is 10.3. The third kappa shape index (κ3) is 6.85. The van der Waals surface area contributed by atoms with Gasteiger partial charge in [-0.3, -0.25) is 4.79 Å². The summed E-state index contributed by atoms with van der Waals surface area (Å²) in [5, 5.41) is 8.99. The van der Waals surface area contributed by atoms with Crippen molar-refractivity contribution in [3.63, 3.8) is 0 Å². The Kier molecular flexibility index (Phi) is 7.91. The lowest BCUT2D eigenvalue weighted by atomic mass is 10.2. The molecule has 0 aromatic heterocycles. The second-order valence-corrected chi connectivity index (χ2v) is 4.70. The van der Waals surface area contributed by atoms with Gasteiger partial charge in [0.15, 0.2) is 0 Å². The Balaban J connectivity index is 3.45. The molecule has 12 heavy (non-hydrogen) atoms. The van der Waals surface area contributed by atoms with Gasteiger partial charge in [-0.1, -0.05) is 0 Å². The lowest BCUT2D eigenvalue weighted by molar-refractivity contribution is -0.137. The van der Waals surface area contributed by atoms with Crippen LogP contribution in [0.2, 0.25) is 0 Å². The standard InChI is InChI=1S/C8H16O2S2/c1-11-6-5-7(12-2)3-4-8(9)10/h7H,3-6H2,1-2H3,(H,9,10)/t7-/m1/s1. The van der Waals surface area contributed by atoms with Gasteiger partial charge in [0.05, 0.1) is 0 Å². The maximum Gasteiger partial charge on any atom is 0.303 e. The van der Waals surface area contributed by atoms with Gasteiger partial charge in [-0.05, 0) is 31.1 Å². The normalized spacial score (nSPS) is 12.8. The summed E-state index contributed by atoms with van der Waals surface area (Å²) < 4.78 is 0. The molecule has 72 valence electrons. The van der Waals surface area contributed by atoms with E-state index in [1.807, 2.05) is 18.0 Å². The van der Waals surface area contributed by atoms with Crippen LogP contribution in [0.25, 0.3) is 0 Å². The predicted octanol–water partition coefficient (Wildman–Crippen LogP) is 2.34. The van der Waals surface area contributed by atoms with Crippen molar-refractivity contribution in [3.8, 4) is 0 Å². The summed E-state index contributed by atoms with van der Waals surface area (Å²) in [5.41, 5.74) is 0. The van der Waals surface area contributed by atoms with Crippen LogP contribution >= 0.6 is 23.5 Å². The molecular weight excluding hydrogens is 192 g/mol. The van der Waals surface area contributed by atoms with Crippen molar-refractivity contribution in [3.05, 3.63) is 0 Å². The van der Waals surface area contributed by atoms with Gasteiger partial charge in [0.2, 0.25) is 0 Å². The highest BCUT2D eigenvalue weighted by Gasteiger charge is 2.08. The predicted molar refractivity (Wildman–Crippen MR) is 57.2 cm³/mol. The van der Waals surface area contributed by atoms with Gasteiger partial charge in [-0.2, -0.15) is 23.5 Å². The molecule has 0 aliphatic rings. The molecular formula is C8H16O2S2. The number of hydrogen-bond donors (Lipinski definition) is 1. The average molecular weight is 208 g/mol. The molecule has 0 rings (SSSR count). The Labute approximate surface area is 82.5 Å². The van der Waals surface area contributed by atoms with E-state index in [1.165, 1.54) is 0 Å². The largest absolute Gasteiger partial charge is 0.481 e. The molecule has 0 heterocycles. The highest BCUT2D eigenvalue weighted by Crippen LogP contribution is 2.18. The molecule has 1 N–H and O–H groups in total. The Morgan fingerprint density at radius 3 is 2.50 bits per heavy atom. The van der Waals surface area contributed by atoms with E-state index in [9.17, 15) is 4.79 Å². The van der Waals surface area contributed by atoms with Gasteiger partial charge in [0.1, 0.15) is 0 Å². The fourth-order valence-corrected chi connectivity index (χ4v) is 2.29. The van der Waals surface area contributed by atoms with E-state index in [4.69, 9.17) is 5.11 Å². The van der Waals surface area contributed by atoms with Crippen molar-refractivity contribution in [2.75, 3.05) is 18.3 Å². The summed E-state index contributed by atoms with van der Waals surface area (Å²) in [5.74, 6) is 0.448. The maximum atomic E-state index is 10.3. The van der Waals surface area contributed by atoms with Gasteiger partial charge in [0.25, 0.3) is 0 Å². The maximum absolute atomic E-state index is 10.3. The van der Waals surface area contributed by atoms with Crippen molar-refractivity contribution in [2.24, 2.45) is 0 Å². The van der Waals surface area contributed by atoms with Crippen LogP contribution in [0.5, 0.6) is 0 Å².